The first-order chi connectivity index (χ1) is 18.0. The third-order valence-electron chi connectivity index (χ3n) is 5.31. The summed E-state index contributed by atoms with van der Waals surface area (Å²) < 4.78 is 14.7. The molecule has 4 rings (SSSR count). The lowest BCUT2D eigenvalue weighted by atomic mass is 10.1. The summed E-state index contributed by atoms with van der Waals surface area (Å²) in [5, 5.41) is 14.6. The Morgan fingerprint density at radius 2 is 1.95 bits per heavy atom. The fraction of sp³-hybridized carbons (Fsp3) is 0.250. The molecule has 0 fully saturated rings. The van der Waals surface area contributed by atoms with Crippen LogP contribution in [-0.2, 0) is 18.3 Å². The predicted octanol–water partition coefficient (Wildman–Crippen LogP) is 3.79. The van der Waals surface area contributed by atoms with Gasteiger partial charge in [0.2, 0.25) is 0 Å². The van der Waals surface area contributed by atoms with Crippen LogP contribution in [0.2, 0.25) is 0 Å². The quantitative estimate of drug-likeness (QED) is 0.323. The van der Waals surface area contributed by atoms with E-state index in [0.717, 1.165) is 24.3 Å². The summed E-state index contributed by atoms with van der Waals surface area (Å²) >= 11 is 0. The lowest BCUT2D eigenvalue weighted by molar-refractivity contribution is 0.0917. The number of aryl methyl sites for hydroxylation is 1. The zero-order valence-electron chi connectivity index (χ0n) is 21.1. The standard InChI is InChI=1S/C28H30N6O3/c1-21(20-36-3)37-26-18-23(16-24(19-26)28(35)31-27-10-14-33(2)32-27)9-8-22-6-4-7-25(17-22)29-12-15-34-13-5-11-30-34/h4-7,10-11,13-14,16-19,21,29H,12,15,20H2,1-3H3,(H,31,32,35)/t21-/m0/s1. The van der Waals surface area contributed by atoms with Crippen molar-refractivity contribution < 1.29 is 14.3 Å². The van der Waals surface area contributed by atoms with Crippen LogP contribution in [-0.4, -0.2) is 51.8 Å². The monoisotopic (exact) mass is 498 g/mol. The molecule has 1 amide bonds. The van der Waals surface area contributed by atoms with Gasteiger partial charge in [-0.2, -0.15) is 10.2 Å². The van der Waals surface area contributed by atoms with Crippen LogP contribution in [0.25, 0.3) is 0 Å². The molecule has 2 N–H and O–H groups in total. The zero-order chi connectivity index (χ0) is 26.0. The molecular weight excluding hydrogens is 468 g/mol. The number of rotatable bonds is 10. The van der Waals surface area contributed by atoms with E-state index in [1.54, 1.807) is 49.4 Å². The molecule has 190 valence electrons. The Hall–Kier alpha value is -4.55. The van der Waals surface area contributed by atoms with Gasteiger partial charge in [0.25, 0.3) is 5.91 Å². The highest BCUT2D eigenvalue weighted by Crippen LogP contribution is 2.20. The highest BCUT2D eigenvalue weighted by Gasteiger charge is 2.12. The van der Waals surface area contributed by atoms with Gasteiger partial charge in [-0.3, -0.25) is 14.2 Å². The third kappa shape index (κ3) is 7.72. The molecule has 0 bridgehead atoms. The van der Waals surface area contributed by atoms with E-state index in [0.29, 0.717) is 29.3 Å². The molecule has 0 radical (unpaired) electrons. The number of carbonyl (C=O) groups excluding carboxylic acids is 1. The molecule has 9 heteroatoms. The fourth-order valence-electron chi connectivity index (χ4n) is 3.64. The van der Waals surface area contributed by atoms with Crippen LogP contribution >= 0.6 is 0 Å². The molecule has 0 spiro atoms. The SMILES string of the molecule is COC[C@H](C)Oc1cc(C#Cc2cccc(NCCn3cccn3)c2)cc(C(=O)Nc2ccn(C)n2)c1. The number of hydrogen-bond acceptors (Lipinski definition) is 6. The number of methoxy groups -OCH3 is 1. The average molecular weight is 499 g/mol. The number of benzene rings is 2. The molecule has 0 saturated carbocycles. The van der Waals surface area contributed by atoms with E-state index >= 15 is 0 Å². The largest absolute Gasteiger partial charge is 0.488 e. The van der Waals surface area contributed by atoms with Crippen molar-refractivity contribution in [3.8, 4) is 17.6 Å². The number of hydrogen-bond donors (Lipinski definition) is 2. The Morgan fingerprint density at radius 1 is 1.08 bits per heavy atom. The van der Waals surface area contributed by atoms with Gasteiger partial charge >= 0.3 is 0 Å². The molecule has 0 unspecified atom stereocenters. The van der Waals surface area contributed by atoms with E-state index in [9.17, 15) is 4.79 Å². The number of anilines is 2. The van der Waals surface area contributed by atoms with Gasteiger partial charge in [0, 0.05) is 67.7 Å². The third-order valence-corrected chi connectivity index (χ3v) is 5.31. The normalized spacial score (nSPS) is 11.3. The smallest absolute Gasteiger partial charge is 0.257 e. The first-order valence-corrected chi connectivity index (χ1v) is 11.9. The van der Waals surface area contributed by atoms with Crippen LogP contribution in [0.5, 0.6) is 5.75 Å². The molecular formula is C28H30N6O3. The number of nitrogens with zero attached hydrogens (tertiary/aromatic N) is 4. The minimum Gasteiger partial charge on any atom is -0.488 e. The molecule has 0 aliphatic rings. The van der Waals surface area contributed by atoms with Crippen LogP contribution in [0, 0.1) is 11.8 Å². The van der Waals surface area contributed by atoms with Crippen molar-refractivity contribution in [1.29, 1.82) is 0 Å². The second kappa shape index (κ2) is 12.4. The predicted molar refractivity (Wildman–Crippen MR) is 143 cm³/mol. The molecule has 1 atom stereocenters. The Morgan fingerprint density at radius 3 is 2.70 bits per heavy atom. The van der Waals surface area contributed by atoms with Gasteiger partial charge in [0.1, 0.15) is 11.9 Å². The van der Waals surface area contributed by atoms with Crippen LogP contribution in [0.3, 0.4) is 0 Å². The number of nitrogens with one attached hydrogen (secondary N) is 2. The summed E-state index contributed by atoms with van der Waals surface area (Å²) in [6, 6.07) is 16.8. The zero-order valence-corrected chi connectivity index (χ0v) is 21.1. The summed E-state index contributed by atoms with van der Waals surface area (Å²) in [6.45, 7) is 3.83. The number of amides is 1. The molecule has 0 saturated heterocycles. The van der Waals surface area contributed by atoms with E-state index in [1.165, 1.54) is 0 Å². The first-order valence-electron chi connectivity index (χ1n) is 11.9. The van der Waals surface area contributed by atoms with Gasteiger partial charge in [-0.15, -0.1) is 0 Å². The average Bonchev–Trinajstić information content (AvgIpc) is 3.55. The molecule has 2 aromatic carbocycles. The molecule has 0 aliphatic heterocycles. The fourth-order valence-corrected chi connectivity index (χ4v) is 3.64. The van der Waals surface area contributed by atoms with Gasteiger partial charge < -0.3 is 20.1 Å². The summed E-state index contributed by atoms with van der Waals surface area (Å²) in [6.07, 6.45) is 5.27. The topological polar surface area (TPSA) is 95.2 Å². The number of aromatic nitrogens is 4. The van der Waals surface area contributed by atoms with Crippen molar-refractivity contribution >= 4 is 17.4 Å². The summed E-state index contributed by atoms with van der Waals surface area (Å²) in [5.41, 5.74) is 2.90. The van der Waals surface area contributed by atoms with Crippen LogP contribution < -0.4 is 15.4 Å². The molecule has 2 heterocycles. The minimum atomic E-state index is -0.296. The first kappa shape index (κ1) is 25.5. The van der Waals surface area contributed by atoms with Gasteiger partial charge in [0.05, 0.1) is 13.2 Å². The number of ether oxygens (including phenoxy) is 2. The molecule has 0 aliphatic carbocycles. The van der Waals surface area contributed by atoms with Crippen LogP contribution in [0.15, 0.2) is 73.2 Å². The maximum absolute atomic E-state index is 12.9. The lowest BCUT2D eigenvalue weighted by Gasteiger charge is -2.15. The number of carbonyl (C=O) groups is 1. The van der Waals surface area contributed by atoms with Gasteiger partial charge in [0.15, 0.2) is 5.82 Å². The Kier molecular flexibility index (Phi) is 8.57. The maximum atomic E-state index is 12.9. The Balaban J connectivity index is 1.52. The van der Waals surface area contributed by atoms with Crippen LogP contribution in [0.4, 0.5) is 11.5 Å². The molecule has 9 nitrogen and oxygen atoms in total. The van der Waals surface area contributed by atoms with Crippen molar-refractivity contribution in [3.05, 3.63) is 89.9 Å². The van der Waals surface area contributed by atoms with Gasteiger partial charge in [-0.25, -0.2) is 0 Å². The molecule has 4 aromatic rings. The Labute approximate surface area is 216 Å². The van der Waals surface area contributed by atoms with E-state index in [4.69, 9.17) is 9.47 Å². The van der Waals surface area contributed by atoms with Crippen molar-refractivity contribution in [2.75, 3.05) is 30.9 Å². The second-order valence-corrected chi connectivity index (χ2v) is 8.49. The lowest BCUT2D eigenvalue weighted by Crippen LogP contribution is -2.19. The summed E-state index contributed by atoms with van der Waals surface area (Å²) in [5.74, 6) is 7.08. The minimum absolute atomic E-state index is 0.190. The Bertz CT molecular complexity index is 1380. The van der Waals surface area contributed by atoms with Gasteiger partial charge in [-0.1, -0.05) is 17.9 Å². The van der Waals surface area contributed by atoms with E-state index in [1.807, 2.05) is 54.2 Å². The summed E-state index contributed by atoms with van der Waals surface area (Å²) in [7, 11) is 3.41. The van der Waals surface area contributed by atoms with Crippen LogP contribution in [0.1, 0.15) is 28.4 Å². The van der Waals surface area contributed by atoms with Crippen molar-refractivity contribution in [3.63, 3.8) is 0 Å². The second-order valence-electron chi connectivity index (χ2n) is 8.49. The molecule has 2 aromatic heterocycles. The van der Waals surface area contributed by atoms with Crippen molar-refractivity contribution in [2.45, 2.75) is 19.6 Å². The molecule has 37 heavy (non-hydrogen) atoms. The highest BCUT2D eigenvalue weighted by atomic mass is 16.5. The van der Waals surface area contributed by atoms with E-state index in [-0.39, 0.29) is 12.0 Å². The van der Waals surface area contributed by atoms with E-state index in [2.05, 4.69) is 32.7 Å². The van der Waals surface area contributed by atoms with Gasteiger partial charge in [-0.05, 0) is 49.4 Å². The van der Waals surface area contributed by atoms with Crippen molar-refractivity contribution in [1.82, 2.24) is 19.6 Å². The maximum Gasteiger partial charge on any atom is 0.257 e. The highest BCUT2D eigenvalue weighted by molar-refractivity contribution is 6.04. The summed E-state index contributed by atoms with van der Waals surface area (Å²) in [4.78, 5) is 12.9. The van der Waals surface area contributed by atoms with Crippen molar-refractivity contribution in [2.24, 2.45) is 7.05 Å². The van der Waals surface area contributed by atoms with E-state index < -0.39 is 0 Å².